The summed E-state index contributed by atoms with van der Waals surface area (Å²) in [6.07, 6.45) is 6.54. The minimum Gasteiger partial charge on any atom is -0.385 e. The summed E-state index contributed by atoms with van der Waals surface area (Å²) in [5.74, 6) is 0.872. The molecule has 0 aromatic heterocycles. The van der Waals surface area contributed by atoms with Crippen LogP contribution in [0.25, 0.3) is 0 Å². The molecular weight excluding hydrogens is 174 g/mol. The molecule has 0 rings (SSSR count). The van der Waals surface area contributed by atoms with Gasteiger partial charge in [-0.05, 0) is 38.3 Å². The van der Waals surface area contributed by atoms with E-state index in [-0.39, 0.29) is 0 Å². The summed E-state index contributed by atoms with van der Waals surface area (Å²) in [5, 5.41) is 3.44. The third-order valence-electron chi connectivity index (χ3n) is 2.59. The number of rotatable bonds is 10. The maximum absolute atomic E-state index is 5.05. The average Bonchev–Trinajstić information content (AvgIpc) is 2.20. The van der Waals surface area contributed by atoms with Crippen molar-refractivity contribution in [2.24, 2.45) is 5.92 Å². The van der Waals surface area contributed by atoms with Gasteiger partial charge in [-0.2, -0.15) is 0 Å². The van der Waals surface area contributed by atoms with Crippen LogP contribution in [-0.2, 0) is 4.74 Å². The molecule has 0 aliphatic carbocycles. The predicted molar refractivity (Wildman–Crippen MR) is 62.7 cm³/mol. The Balaban J connectivity index is 3.40. The Bertz CT molecular complexity index is 106. The highest BCUT2D eigenvalue weighted by molar-refractivity contribution is 4.61. The van der Waals surface area contributed by atoms with E-state index in [1.165, 1.54) is 38.6 Å². The van der Waals surface area contributed by atoms with Crippen LogP contribution < -0.4 is 5.32 Å². The molecular formula is C12H27NO. The zero-order valence-corrected chi connectivity index (χ0v) is 10.1. The van der Waals surface area contributed by atoms with Crippen LogP contribution in [0.5, 0.6) is 0 Å². The fourth-order valence-corrected chi connectivity index (χ4v) is 1.78. The second-order valence-corrected chi connectivity index (χ2v) is 3.95. The van der Waals surface area contributed by atoms with Crippen molar-refractivity contribution in [1.29, 1.82) is 0 Å². The first-order valence-corrected chi connectivity index (χ1v) is 6.04. The molecule has 0 aliphatic rings. The normalized spacial score (nSPS) is 13.1. The van der Waals surface area contributed by atoms with Crippen LogP contribution in [0.3, 0.4) is 0 Å². The maximum atomic E-state index is 5.05. The van der Waals surface area contributed by atoms with Crippen molar-refractivity contribution in [3.63, 3.8) is 0 Å². The first kappa shape index (κ1) is 13.9. The van der Waals surface area contributed by atoms with Crippen LogP contribution in [0.15, 0.2) is 0 Å². The first-order valence-electron chi connectivity index (χ1n) is 6.04. The fraction of sp³-hybridized carbons (Fsp3) is 1.00. The second-order valence-electron chi connectivity index (χ2n) is 3.95. The average molecular weight is 201 g/mol. The number of hydrogen-bond donors (Lipinski definition) is 1. The Hall–Kier alpha value is -0.0800. The Labute approximate surface area is 89.4 Å². The highest BCUT2D eigenvalue weighted by atomic mass is 16.5. The molecule has 0 amide bonds. The predicted octanol–water partition coefficient (Wildman–Crippen LogP) is 2.83. The molecule has 0 saturated heterocycles. The number of ether oxygens (including phenoxy) is 1. The Morgan fingerprint density at radius 3 is 2.50 bits per heavy atom. The van der Waals surface area contributed by atoms with Crippen molar-refractivity contribution >= 4 is 0 Å². The summed E-state index contributed by atoms with van der Waals surface area (Å²) in [4.78, 5) is 0. The smallest absolute Gasteiger partial charge is 0.0462 e. The molecule has 0 spiro atoms. The van der Waals surface area contributed by atoms with Gasteiger partial charge in [-0.15, -0.1) is 0 Å². The van der Waals surface area contributed by atoms with Crippen LogP contribution in [0.4, 0.5) is 0 Å². The molecule has 0 bridgehead atoms. The lowest BCUT2D eigenvalue weighted by Gasteiger charge is -2.16. The van der Waals surface area contributed by atoms with Gasteiger partial charge in [0.05, 0.1) is 0 Å². The van der Waals surface area contributed by atoms with E-state index in [1.54, 1.807) is 7.11 Å². The van der Waals surface area contributed by atoms with E-state index in [4.69, 9.17) is 4.74 Å². The monoisotopic (exact) mass is 201 g/mol. The number of hydrogen-bond acceptors (Lipinski definition) is 2. The minimum atomic E-state index is 0.872. The maximum Gasteiger partial charge on any atom is 0.0462 e. The van der Waals surface area contributed by atoms with Crippen molar-refractivity contribution in [3.05, 3.63) is 0 Å². The third kappa shape index (κ3) is 8.52. The highest BCUT2D eigenvalue weighted by Gasteiger charge is 2.06. The Morgan fingerprint density at radius 1 is 1.14 bits per heavy atom. The summed E-state index contributed by atoms with van der Waals surface area (Å²) >= 11 is 0. The number of unbranched alkanes of at least 4 members (excludes halogenated alkanes) is 1. The molecule has 0 radical (unpaired) electrons. The van der Waals surface area contributed by atoms with Crippen molar-refractivity contribution < 1.29 is 4.74 Å². The van der Waals surface area contributed by atoms with Crippen LogP contribution in [0, 0.1) is 5.92 Å². The standard InChI is InChI=1S/C12H27NO/c1-4-8-12(11-13-5-2)9-6-7-10-14-3/h12-13H,4-11H2,1-3H3. The van der Waals surface area contributed by atoms with E-state index >= 15 is 0 Å². The van der Waals surface area contributed by atoms with Gasteiger partial charge in [0.25, 0.3) is 0 Å². The summed E-state index contributed by atoms with van der Waals surface area (Å²) in [6, 6.07) is 0. The fourth-order valence-electron chi connectivity index (χ4n) is 1.78. The van der Waals surface area contributed by atoms with Crippen LogP contribution in [0.1, 0.15) is 46.0 Å². The minimum absolute atomic E-state index is 0.872. The second kappa shape index (κ2) is 11.0. The quantitative estimate of drug-likeness (QED) is 0.549. The topological polar surface area (TPSA) is 21.3 Å². The van der Waals surface area contributed by atoms with E-state index in [1.807, 2.05) is 0 Å². The summed E-state index contributed by atoms with van der Waals surface area (Å²) < 4.78 is 5.05. The molecule has 0 aliphatic heterocycles. The molecule has 1 atom stereocenters. The molecule has 0 heterocycles. The lowest BCUT2D eigenvalue weighted by molar-refractivity contribution is 0.189. The molecule has 2 heteroatoms. The van der Waals surface area contributed by atoms with Gasteiger partial charge in [-0.1, -0.05) is 26.7 Å². The van der Waals surface area contributed by atoms with Gasteiger partial charge < -0.3 is 10.1 Å². The SMILES string of the molecule is CCCC(CCCCOC)CNCC. The third-order valence-corrected chi connectivity index (χ3v) is 2.59. The van der Waals surface area contributed by atoms with Gasteiger partial charge in [-0.3, -0.25) is 0 Å². The molecule has 0 aromatic rings. The summed E-state index contributed by atoms with van der Waals surface area (Å²) in [6.45, 7) is 7.65. The van der Waals surface area contributed by atoms with Gasteiger partial charge >= 0.3 is 0 Å². The van der Waals surface area contributed by atoms with E-state index in [2.05, 4.69) is 19.2 Å². The van der Waals surface area contributed by atoms with Crippen molar-refractivity contribution in [2.45, 2.75) is 46.0 Å². The molecule has 86 valence electrons. The largest absolute Gasteiger partial charge is 0.385 e. The van der Waals surface area contributed by atoms with Crippen LogP contribution in [-0.4, -0.2) is 26.8 Å². The van der Waals surface area contributed by atoms with Gasteiger partial charge in [0.2, 0.25) is 0 Å². The molecule has 0 fully saturated rings. The number of nitrogens with one attached hydrogen (secondary N) is 1. The molecule has 0 aromatic carbocycles. The van der Waals surface area contributed by atoms with Crippen LogP contribution >= 0.6 is 0 Å². The van der Waals surface area contributed by atoms with Gasteiger partial charge in [-0.25, -0.2) is 0 Å². The highest BCUT2D eigenvalue weighted by Crippen LogP contribution is 2.13. The van der Waals surface area contributed by atoms with Crippen molar-refractivity contribution in [3.8, 4) is 0 Å². The van der Waals surface area contributed by atoms with E-state index in [0.717, 1.165) is 19.1 Å². The Morgan fingerprint density at radius 2 is 1.93 bits per heavy atom. The molecule has 1 unspecified atom stereocenters. The molecule has 14 heavy (non-hydrogen) atoms. The van der Waals surface area contributed by atoms with E-state index < -0.39 is 0 Å². The lowest BCUT2D eigenvalue weighted by Crippen LogP contribution is -2.22. The number of methoxy groups -OCH3 is 1. The van der Waals surface area contributed by atoms with E-state index in [0.29, 0.717) is 0 Å². The molecule has 2 nitrogen and oxygen atoms in total. The van der Waals surface area contributed by atoms with Gasteiger partial charge in [0, 0.05) is 13.7 Å². The zero-order chi connectivity index (χ0) is 10.6. The molecule has 1 N–H and O–H groups in total. The van der Waals surface area contributed by atoms with Crippen LogP contribution in [0.2, 0.25) is 0 Å². The Kier molecular flexibility index (Phi) is 10.9. The van der Waals surface area contributed by atoms with Crippen molar-refractivity contribution in [2.75, 3.05) is 26.8 Å². The van der Waals surface area contributed by atoms with Gasteiger partial charge in [0.1, 0.15) is 0 Å². The van der Waals surface area contributed by atoms with Gasteiger partial charge in [0.15, 0.2) is 0 Å². The van der Waals surface area contributed by atoms with E-state index in [9.17, 15) is 0 Å². The first-order chi connectivity index (χ1) is 6.85. The summed E-state index contributed by atoms with van der Waals surface area (Å²) in [5.41, 5.74) is 0. The molecule has 0 saturated carbocycles. The lowest BCUT2D eigenvalue weighted by atomic mass is 9.97. The zero-order valence-electron chi connectivity index (χ0n) is 10.1. The summed E-state index contributed by atoms with van der Waals surface area (Å²) in [7, 11) is 1.78. The van der Waals surface area contributed by atoms with Crippen molar-refractivity contribution in [1.82, 2.24) is 5.32 Å².